The minimum Gasteiger partial charge on any atom is -0.347 e. The normalized spacial score (nSPS) is 11.9. The van der Waals surface area contributed by atoms with Gasteiger partial charge in [0.2, 0.25) is 11.8 Å². The lowest BCUT2D eigenvalue weighted by Crippen LogP contribution is -2.38. The zero-order valence-electron chi connectivity index (χ0n) is 12.7. The third-order valence-electron chi connectivity index (χ3n) is 3.29. The first-order valence-electron chi connectivity index (χ1n) is 7.17. The molecule has 116 valence electrons. The van der Waals surface area contributed by atoms with E-state index < -0.39 is 0 Å². The average Bonchev–Trinajstić information content (AvgIpc) is 2.53. The van der Waals surface area contributed by atoms with Crippen molar-refractivity contribution in [2.24, 2.45) is 5.92 Å². The summed E-state index contributed by atoms with van der Waals surface area (Å²) in [5.74, 6) is -0.610. The number of pyridine rings is 1. The van der Waals surface area contributed by atoms with E-state index in [1.54, 1.807) is 26.2 Å². The van der Waals surface area contributed by atoms with Crippen molar-refractivity contribution in [2.45, 2.75) is 6.92 Å². The summed E-state index contributed by atoms with van der Waals surface area (Å²) in [5.41, 5.74) is 1.37. The molecule has 0 fully saturated rings. The maximum Gasteiger partial charge on any atom is 0.243 e. The van der Waals surface area contributed by atoms with Crippen LogP contribution in [0.25, 0.3) is 10.9 Å². The van der Waals surface area contributed by atoms with Crippen molar-refractivity contribution in [1.82, 2.24) is 15.6 Å². The Kier molecular flexibility index (Phi) is 5.43. The van der Waals surface area contributed by atoms with Gasteiger partial charge in [-0.1, -0.05) is 25.1 Å². The van der Waals surface area contributed by atoms with Crippen LogP contribution >= 0.6 is 0 Å². The minimum atomic E-state index is -0.275. The van der Waals surface area contributed by atoms with Crippen LogP contribution in [0.1, 0.15) is 6.92 Å². The highest BCUT2D eigenvalue weighted by atomic mass is 16.2. The Morgan fingerprint density at radius 1 is 1.23 bits per heavy atom. The maximum atomic E-state index is 12.0. The van der Waals surface area contributed by atoms with Crippen molar-refractivity contribution in [1.29, 1.82) is 0 Å². The molecule has 6 nitrogen and oxygen atoms in total. The summed E-state index contributed by atoms with van der Waals surface area (Å²) in [4.78, 5) is 28.0. The van der Waals surface area contributed by atoms with E-state index >= 15 is 0 Å². The molecule has 0 bridgehead atoms. The van der Waals surface area contributed by atoms with Crippen LogP contribution in [0.15, 0.2) is 36.5 Å². The Morgan fingerprint density at radius 3 is 2.77 bits per heavy atom. The molecule has 0 saturated heterocycles. The number of benzene rings is 1. The molecule has 1 heterocycles. The van der Waals surface area contributed by atoms with E-state index in [4.69, 9.17) is 0 Å². The van der Waals surface area contributed by atoms with Gasteiger partial charge in [-0.2, -0.15) is 0 Å². The first-order chi connectivity index (χ1) is 10.6. The molecule has 0 saturated carbocycles. The van der Waals surface area contributed by atoms with Crippen LogP contribution in [0.2, 0.25) is 0 Å². The molecular weight excluding hydrogens is 280 g/mol. The molecule has 3 N–H and O–H groups in total. The summed E-state index contributed by atoms with van der Waals surface area (Å²) in [6.45, 7) is 2.31. The average molecular weight is 300 g/mol. The van der Waals surface area contributed by atoms with Crippen molar-refractivity contribution >= 4 is 28.4 Å². The second-order valence-electron chi connectivity index (χ2n) is 5.11. The molecule has 0 spiro atoms. The van der Waals surface area contributed by atoms with Crippen molar-refractivity contribution < 1.29 is 9.59 Å². The van der Waals surface area contributed by atoms with Gasteiger partial charge in [0, 0.05) is 24.0 Å². The Labute approximate surface area is 129 Å². The molecule has 1 unspecified atom stereocenters. The number of aromatic nitrogens is 1. The predicted octanol–water partition coefficient (Wildman–Crippen LogP) is 1.14. The molecular formula is C16H20N4O2. The number of carbonyl (C=O) groups excluding carboxylic acids is 2. The van der Waals surface area contributed by atoms with Gasteiger partial charge in [0.15, 0.2) is 0 Å². The third kappa shape index (κ3) is 4.02. The van der Waals surface area contributed by atoms with Gasteiger partial charge in [-0.15, -0.1) is 0 Å². The molecule has 0 aliphatic heterocycles. The molecule has 0 aliphatic rings. The van der Waals surface area contributed by atoms with Gasteiger partial charge < -0.3 is 16.0 Å². The van der Waals surface area contributed by atoms with Crippen molar-refractivity contribution in [3.63, 3.8) is 0 Å². The number of amides is 2. The fourth-order valence-electron chi connectivity index (χ4n) is 2.14. The number of hydrogen-bond acceptors (Lipinski definition) is 4. The predicted molar refractivity (Wildman–Crippen MR) is 86.5 cm³/mol. The summed E-state index contributed by atoms with van der Waals surface area (Å²) < 4.78 is 0. The Bertz CT molecular complexity index is 667. The number of rotatable bonds is 6. The van der Waals surface area contributed by atoms with Gasteiger partial charge in [-0.25, -0.2) is 0 Å². The third-order valence-corrected chi connectivity index (χ3v) is 3.29. The molecule has 2 rings (SSSR count). The molecule has 0 radical (unpaired) electrons. The highest BCUT2D eigenvalue weighted by molar-refractivity contribution is 6.01. The number of hydrogen-bond donors (Lipinski definition) is 3. The van der Waals surface area contributed by atoms with Crippen LogP contribution in [0.3, 0.4) is 0 Å². The van der Waals surface area contributed by atoms with Crippen molar-refractivity contribution in [2.75, 3.05) is 25.5 Å². The minimum absolute atomic E-state index is 0.0594. The summed E-state index contributed by atoms with van der Waals surface area (Å²) in [7, 11) is 1.78. The summed E-state index contributed by atoms with van der Waals surface area (Å²) in [6.07, 6.45) is 1.68. The standard InChI is InChI=1S/C16H20N4O2/c1-11(9-17-2)16(22)19-10-14(21)20-13-7-3-5-12-6-4-8-18-15(12)13/h3-8,11,17H,9-10H2,1-2H3,(H,19,22)(H,20,21). The van der Waals surface area contributed by atoms with Gasteiger partial charge in [0.25, 0.3) is 0 Å². The van der Waals surface area contributed by atoms with E-state index in [0.29, 0.717) is 12.2 Å². The van der Waals surface area contributed by atoms with Crippen molar-refractivity contribution in [3.8, 4) is 0 Å². The van der Waals surface area contributed by atoms with E-state index in [2.05, 4.69) is 20.9 Å². The van der Waals surface area contributed by atoms with Crippen molar-refractivity contribution in [3.05, 3.63) is 36.5 Å². The molecule has 0 aliphatic carbocycles. The lowest BCUT2D eigenvalue weighted by atomic mass is 10.1. The SMILES string of the molecule is CNCC(C)C(=O)NCC(=O)Nc1cccc2cccnc12. The highest BCUT2D eigenvalue weighted by Crippen LogP contribution is 2.20. The van der Waals surface area contributed by atoms with Gasteiger partial charge >= 0.3 is 0 Å². The molecule has 1 aromatic heterocycles. The summed E-state index contributed by atoms with van der Waals surface area (Å²) >= 11 is 0. The fraction of sp³-hybridized carbons (Fsp3) is 0.312. The smallest absolute Gasteiger partial charge is 0.243 e. The molecule has 2 aromatic rings. The number of nitrogens with zero attached hydrogens (tertiary/aromatic N) is 1. The van der Waals surface area contributed by atoms with E-state index in [-0.39, 0.29) is 24.3 Å². The summed E-state index contributed by atoms with van der Waals surface area (Å²) in [6, 6.07) is 9.35. The largest absolute Gasteiger partial charge is 0.347 e. The topological polar surface area (TPSA) is 83.1 Å². The van der Waals surface area contributed by atoms with Crippen LogP contribution in [-0.4, -0.2) is 36.9 Å². The second kappa shape index (κ2) is 7.51. The molecule has 2 amide bonds. The molecule has 22 heavy (non-hydrogen) atoms. The Balaban J connectivity index is 1.95. The van der Waals surface area contributed by atoms with E-state index in [1.807, 2.05) is 24.3 Å². The van der Waals surface area contributed by atoms with Crippen LogP contribution in [0.4, 0.5) is 5.69 Å². The monoisotopic (exact) mass is 300 g/mol. The Morgan fingerprint density at radius 2 is 2.00 bits per heavy atom. The maximum absolute atomic E-state index is 12.0. The van der Waals surface area contributed by atoms with Crippen LogP contribution < -0.4 is 16.0 Å². The first kappa shape index (κ1) is 15.9. The van der Waals surface area contributed by atoms with Gasteiger partial charge in [-0.3, -0.25) is 14.6 Å². The highest BCUT2D eigenvalue weighted by Gasteiger charge is 2.13. The van der Waals surface area contributed by atoms with E-state index in [9.17, 15) is 9.59 Å². The lowest BCUT2D eigenvalue weighted by molar-refractivity contribution is -0.126. The molecule has 1 aromatic carbocycles. The fourth-order valence-corrected chi connectivity index (χ4v) is 2.14. The lowest BCUT2D eigenvalue weighted by Gasteiger charge is -2.12. The first-order valence-corrected chi connectivity index (χ1v) is 7.17. The Hall–Kier alpha value is -2.47. The number of nitrogens with one attached hydrogen (secondary N) is 3. The van der Waals surface area contributed by atoms with Crippen LogP contribution in [0, 0.1) is 5.92 Å². The second-order valence-corrected chi connectivity index (χ2v) is 5.11. The number of carbonyl (C=O) groups is 2. The van der Waals surface area contributed by atoms with Gasteiger partial charge in [0.05, 0.1) is 17.7 Å². The van der Waals surface area contributed by atoms with E-state index in [1.165, 1.54) is 0 Å². The quantitative estimate of drug-likeness (QED) is 0.747. The number of anilines is 1. The zero-order chi connectivity index (χ0) is 15.9. The zero-order valence-corrected chi connectivity index (χ0v) is 12.7. The number of fused-ring (bicyclic) bond motifs is 1. The van der Waals surface area contributed by atoms with Crippen LogP contribution in [-0.2, 0) is 9.59 Å². The molecule has 1 atom stereocenters. The van der Waals surface area contributed by atoms with Crippen LogP contribution in [0.5, 0.6) is 0 Å². The number of para-hydroxylation sites is 1. The summed E-state index contributed by atoms with van der Waals surface area (Å²) in [5, 5.41) is 9.28. The van der Waals surface area contributed by atoms with Gasteiger partial charge in [-0.05, 0) is 19.2 Å². The van der Waals surface area contributed by atoms with Gasteiger partial charge in [0.1, 0.15) is 0 Å². The molecule has 6 heteroatoms. The van der Waals surface area contributed by atoms with E-state index in [0.717, 1.165) is 10.9 Å².